The first kappa shape index (κ1) is 26.1. The lowest BCUT2D eigenvalue weighted by Crippen LogP contribution is -2.41. The first-order chi connectivity index (χ1) is 15.5. The highest BCUT2D eigenvalue weighted by atomic mass is 19.4. The Labute approximate surface area is 185 Å². The molecular weight excluding hydrogens is 455 g/mol. The minimum atomic E-state index is -5.90. The molecule has 0 aliphatic rings. The monoisotopic (exact) mass is 478 g/mol. The number of carbonyl (C=O) groups excluding carboxylic acids is 1. The van der Waals surface area contributed by atoms with Crippen molar-refractivity contribution in [1.29, 1.82) is 0 Å². The minimum Gasteiger partial charge on any atom is -0.493 e. The zero-order valence-corrected chi connectivity index (χ0v) is 17.6. The van der Waals surface area contributed by atoms with E-state index in [1.165, 1.54) is 6.07 Å². The fourth-order valence-corrected chi connectivity index (χ4v) is 2.83. The molecule has 0 spiro atoms. The lowest BCUT2D eigenvalue weighted by molar-refractivity contribution is -0.360. The van der Waals surface area contributed by atoms with Crippen LogP contribution < -0.4 is 15.1 Å². The molecule has 0 radical (unpaired) electrons. The van der Waals surface area contributed by atoms with Gasteiger partial charge in [0.15, 0.2) is 0 Å². The number of ether oxygens (including phenoxy) is 3. The van der Waals surface area contributed by atoms with E-state index in [0.717, 1.165) is 56.4 Å². The molecule has 0 saturated heterocycles. The second kappa shape index (κ2) is 11.7. The zero-order chi connectivity index (χ0) is 24.5. The maximum absolute atomic E-state index is 13.1. The molecule has 182 valence electrons. The van der Waals surface area contributed by atoms with Gasteiger partial charge in [0, 0.05) is 12.1 Å². The highest BCUT2D eigenvalue weighted by Crippen LogP contribution is 2.38. The standard InChI is InChI=1S/C22H23F5O6/c1-2-19(28)31-12-8-6-4-3-5-7-11-30-17-14-20(29)32-18-13-15(9-10-16(17)18)33-22(26,27)21(23,24)25/h2,9-10,13-14H,1,3-8,11-12H2. The van der Waals surface area contributed by atoms with E-state index in [4.69, 9.17) is 13.9 Å². The third-order valence-electron chi connectivity index (χ3n) is 4.46. The molecule has 0 unspecified atom stereocenters. The predicted molar refractivity (Wildman–Crippen MR) is 108 cm³/mol. The van der Waals surface area contributed by atoms with Crippen LogP contribution in [-0.2, 0) is 9.53 Å². The van der Waals surface area contributed by atoms with E-state index in [2.05, 4.69) is 11.3 Å². The molecule has 1 aromatic heterocycles. The summed E-state index contributed by atoms with van der Waals surface area (Å²) in [5, 5.41) is 0.228. The normalized spacial score (nSPS) is 11.9. The highest BCUT2D eigenvalue weighted by Gasteiger charge is 2.61. The summed E-state index contributed by atoms with van der Waals surface area (Å²) in [6.07, 6.45) is -5.16. The zero-order valence-electron chi connectivity index (χ0n) is 17.6. The first-order valence-corrected chi connectivity index (χ1v) is 10.2. The van der Waals surface area contributed by atoms with Crippen molar-refractivity contribution in [2.45, 2.75) is 50.8 Å². The predicted octanol–water partition coefficient (Wildman–Crippen LogP) is 5.78. The van der Waals surface area contributed by atoms with Gasteiger partial charge in [0.2, 0.25) is 0 Å². The number of rotatable bonds is 13. The smallest absolute Gasteiger partial charge is 0.493 e. The number of alkyl halides is 5. The van der Waals surface area contributed by atoms with Crippen LogP contribution in [0.5, 0.6) is 11.5 Å². The van der Waals surface area contributed by atoms with Crippen molar-refractivity contribution in [2.75, 3.05) is 13.2 Å². The number of fused-ring (bicyclic) bond motifs is 1. The largest absolute Gasteiger partial charge is 0.499 e. The number of halogens is 5. The number of hydrogen-bond donors (Lipinski definition) is 0. The van der Waals surface area contributed by atoms with Crippen LogP contribution in [-0.4, -0.2) is 31.5 Å². The van der Waals surface area contributed by atoms with Crippen molar-refractivity contribution in [3.8, 4) is 11.5 Å². The van der Waals surface area contributed by atoms with E-state index in [9.17, 15) is 31.5 Å². The summed E-state index contributed by atoms with van der Waals surface area (Å²) in [4.78, 5) is 22.6. The van der Waals surface area contributed by atoms with Gasteiger partial charge in [-0.25, -0.2) is 9.59 Å². The van der Waals surface area contributed by atoms with Crippen molar-refractivity contribution >= 4 is 16.9 Å². The number of esters is 1. The molecule has 0 saturated carbocycles. The lowest BCUT2D eigenvalue weighted by Gasteiger charge is -2.20. The summed E-state index contributed by atoms with van der Waals surface area (Å²) in [5.41, 5.74) is -1.10. The molecule has 11 heteroatoms. The summed E-state index contributed by atoms with van der Waals surface area (Å²) in [6.45, 7) is 3.92. The molecule has 0 bridgehead atoms. The van der Waals surface area contributed by atoms with Gasteiger partial charge in [0.25, 0.3) is 0 Å². The number of benzene rings is 1. The molecule has 2 aromatic rings. The number of unbranched alkanes of at least 4 members (excludes halogenated alkanes) is 5. The minimum absolute atomic E-state index is 0.124. The van der Waals surface area contributed by atoms with E-state index in [1.807, 2.05) is 0 Å². The van der Waals surface area contributed by atoms with Crippen molar-refractivity contribution in [3.05, 3.63) is 47.3 Å². The van der Waals surface area contributed by atoms with Crippen molar-refractivity contribution < 1.29 is 45.4 Å². The first-order valence-electron chi connectivity index (χ1n) is 10.2. The molecule has 0 fully saturated rings. The molecule has 0 atom stereocenters. The Bertz CT molecular complexity index is 999. The fraction of sp³-hybridized carbons (Fsp3) is 0.455. The van der Waals surface area contributed by atoms with Gasteiger partial charge in [-0.3, -0.25) is 0 Å². The second-order valence-electron chi connectivity index (χ2n) is 7.05. The van der Waals surface area contributed by atoms with E-state index in [-0.39, 0.29) is 23.3 Å². The van der Waals surface area contributed by atoms with Gasteiger partial charge in [-0.05, 0) is 25.0 Å². The third kappa shape index (κ3) is 8.07. The van der Waals surface area contributed by atoms with Crippen LogP contribution >= 0.6 is 0 Å². The molecule has 2 rings (SSSR count). The average molecular weight is 478 g/mol. The van der Waals surface area contributed by atoms with Crippen molar-refractivity contribution in [2.24, 2.45) is 0 Å². The quantitative estimate of drug-likeness (QED) is 0.120. The van der Waals surface area contributed by atoms with Gasteiger partial charge < -0.3 is 18.6 Å². The molecule has 0 amide bonds. The summed E-state index contributed by atoms with van der Waals surface area (Å²) < 4.78 is 82.2. The Kier molecular flexibility index (Phi) is 9.24. The Balaban J connectivity index is 1.84. The summed E-state index contributed by atoms with van der Waals surface area (Å²) in [6, 6.07) is 3.92. The molecule has 1 aromatic carbocycles. The Morgan fingerprint density at radius 2 is 1.61 bits per heavy atom. The third-order valence-corrected chi connectivity index (χ3v) is 4.46. The van der Waals surface area contributed by atoms with Crippen LogP contribution in [0.3, 0.4) is 0 Å². The lowest BCUT2D eigenvalue weighted by atomic mass is 10.1. The average Bonchev–Trinajstić information content (AvgIpc) is 2.73. The number of carbonyl (C=O) groups is 1. The van der Waals surface area contributed by atoms with E-state index in [0.29, 0.717) is 13.0 Å². The van der Waals surface area contributed by atoms with E-state index < -0.39 is 29.6 Å². The molecule has 0 aliphatic carbocycles. The molecule has 0 aliphatic heterocycles. The maximum Gasteiger partial charge on any atom is 0.499 e. The Hall–Kier alpha value is -3.11. The highest BCUT2D eigenvalue weighted by molar-refractivity contribution is 5.84. The summed E-state index contributed by atoms with van der Waals surface area (Å²) in [5.74, 6) is -1.14. The van der Waals surface area contributed by atoms with Gasteiger partial charge in [-0.2, -0.15) is 22.0 Å². The van der Waals surface area contributed by atoms with Crippen LogP contribution in [0, 0.1) is 0 Å². The number of hydrogen-bond acceptors (Lipinski definition) is 6. The molecule has 1 heterocycles. The van der Waals surface area contributed by atoms with Crippen molar-refractivity contribution in [3.63, 3.8) is 0 Å². The Morgan fingerprint density at radius 3 is 2.24 bits per heavy atom. The maximum atomic E-state index is 13.1. The van der Waals surface area contributed by atoms with Gasteiger partial charge in [0.05, 0.1) is 24.7 Å². The molecule has 6 nitrogen and oxygen atoms in total. The molecule has 0 N–H and O–H groups in total. The van der Waals surface area contributed by atoms with Crippen LogP contribution in [0.1, 0.15) is 38.5 Å². The van der Waals surface area contributed by atoms with Crippen molar-refractivity contribution in [1.82, 2.24) is 0 Å². The van der Waals surface area contributed by atoms with Crippen LogP contribution in [0.25, 0.3) is 11.0 Å². The SMILES string of the molecule is C=CC(=O)OCCCCCCCCOc1cc(=O)oc2cc(OC(F)(F)C(F)(F)F)ccc12. The van der Waals surface area contributed by atoms with Gasteiger partial charge in [0.1, 0.15) is 17.1 Å². The molecular formula is C22H23F5O6. The molecule has 33 heavy (non-hydrogen) atoms. The second-order valence-corrected chi connectivity index (χ2v) is 7.05. The Morgan fingerprint density at radius 1 is 0.970 bits per heavy atom. The van der Waals surface area contributed by atoms with Gasteiger partial charge in [-0.1, -0.05) is 32.3 Å². The van der Waals surface area contributed by atoms with Crippen LogP contribution in [0.4, 0.5) is 22.0 Å². The van der Waals surface area contributed by atoms with Gasteiger partial charge in [-0.15, -0.1) is 0 Å². The topological polar surface area (TPSA) is 75.0 Å². The summed E-state index contributed by atoms with van der Waals surface area (Å²) >= 11 is 0. The van der Waals surface area contributed by atoms with Crippen LogP contribution in [0.2, 0.25) is 0 Å². The van der Waals surface area contributed by atoms with E-state index in [1.54, 1.807) is 0 Å². The van der Waals surface area contributed by atoms with E-state index >= 15 is 0 Å². The summed E-state index contributed by atoms with van der Waals surface area (Å²) in [7, 11) is 0. The fourth-order valence-electron chi connectivity index (χ4n) is 2.83. The van der Waals surface area contributed by atoms with Crippen LogP contribution in [0.15, 0.2) is 46.1 Å². The van der Waals surface area contributed by atoms with Gasteiger partial charge >= 0.3 is 23.9 Å².